The van der Waals surface area contributed by atoms with E-state index < -0.39 is 24.5 Å². The fourth-order valence-corrected chi connectivity index (χ4v) is 2.81. The number of hydrogen-bond acceptors (Lipinski definition) is 5. The first-order valence-electron chi connectivity index (χ1n) is 8.71. The number of benzene rings is 1. The molecule has 29 heavy (non-hydrogen) atoms. The van der Waals surface area contributed by atoms with Crippen LogP contribution in [0, 0.1) is 0 Å². The van der Waals surface area contributed by atoms with Crippen LogP contribution in [0.4, 0.5) is 18.9 Å². The Bertz CT molecular complexity index is 834. The number of amides is 2. The average Bonchev–Trinajstić information content (AvgIpc) is 3.17. The third kappa shape index (κ3) is 6.43. The lowest BCUT2D eigenvalue weighted by Crippen LogP contribution is -2.33. The summed E-state index contributed by atoms with van der Waals surface area (Å²) < 4.78 is 38.1. The van der Waals surface area contributed by atoms with E-state index in [2.05, 4.69) is 20.9 Å². The van der Waals surface area contributed by atoms with Crippen LogP contribution in [-0.2, 0) is 0 Å². The van der Waals surface area contributed by atoms with Crippen molar-refractivity contribution < 1.29 is 22.8 Å². The Morgan fingerprint density at radius 2 is 1.79 bits per heavy atom. The van der Waals surface area contributed by atoms with E-state index in [0.717, 1.165) is 25.9 Å². The van der Waals surface area contributed by atoms with Crippen LogP contribution in [0.3, 0.4) is 0 Å². The summed E-state index contributed by atoms with van der Waals surface area (Å²) in [6, 6.07) is 5.71. The smallest absolute Gasteiger partial charge is 0.343 e. The topological polar surface area (TPSA) is 101 Å². The summed E-state index contributed by atoms with van der Waals surface area (Å²) in [7, 11) is 0. The highest BCUT2D eigenvalue weighted by molar-refractivity contribution is 6.03. The molecule has 1 fully saturated rings. The number of aromatic nitrogens is 3. The number of rotatable bonds is 5. The summed E-state index contributed by atoms with van der Waals surface area (Å²) in [4.78, 5) is 24.0. The van der Waals surface area contributed by atoms with Crippen molar-refractivity contribution in [3.63, 3.8) is 0 Å². The van der Waals surface area contributed by atoms with Crippen molar-refractivity contribution in [2.75, 3.05) is 25.0 Å². The van der Waals surface area contributed by atoms with Crippen molar-refractivity contribution in [1.82, 2.24) is 25.6 Å². The van der Waals surface area contributed by atoms with Crippen molar-refractivity contribution >= 4 is 29.9 Å². The van der Waals surface area contributed by atoms with Gasteiger partial charge in [-0.15, -0.1) is 17.5 Å². The molecule has 0 radical (unpaired) electrons. The van der Waals surface area contributed by atoms with E-state index in [1.807, 2.05) is 0 Å². The molecule has 3 rings (SSSR count). The minimum atomic E-state index is -4.48. The highest BCUT2D eigenvalue weighted by atomic mass is 35.5. The first-order chi connectivity index (χ1) is 13.3. The monoisotopic (exact) mass is 432 g/mol. The van der Waals surface area contributed by atoms with E-state index >= 15 is 0 Å². The molecule has 1 aliphatic rings. The van der Waals surface area contributed by atoms with Crippen LogP contribution in [-0.4, -0.2) is 52.6 Å². The van der Waals surface area contributed by atoms with Gasteiger partial charge >= 0.3 is 6.18 Å². The Kier molecular flexibility index (Phi) is 7.57. The lowest BCUT2D eigenvalue weighted by Gasteiger charge is -2.22. The summed E-state index contributed by atoms with van der Waals surface area (Å²) in [5, 5.41) is 15.6. The van der Waals surface area contributed by atoms with E-state index in [9.17, 15) is 22.8 Å². The van der Waals surface area contributed by atoms with Gasteiger partial charge in [0.2, 0.25) is 0 Å². The molecule has 1 aromatic heterocycles. The highest BCUT2D eigenvalue weighted by Crippen LogP contribution is 2.18. The van der Waals surface area contributed by atoms with Crippen LogP contribution in [0.5, 0.6) is 0 Å². The van der Waals surface area contributed by atoms with Crippen molar-refractivity contribution in [1.29, 1.82) is 0 Å². The van der Waals surface area contributed by atoms with Gasteiger partial charge in [-0.25, -0.2) is 4.68 Å². The van der Waals surface area contributed by atoms with Gasteiger partial charge in [-0.05, 0) is 50.2 Å². The molecule has 0 atom stereocenters. The van der Waals surface area contributed by atoms with Crippen molar-refractivity contribution in [2.45, 2.75) is 25.1 Å². The molecule has 2 amide bonds. The van der Waals surface area contributed by atoms with Crippen molar-refractivity contribution in [3.8, 4) is 0 Å². The molecule has 8 nitrogen and oxygen atoms in total. The molecule has 1 saturated heterocycles. The van der Waals surface area contributed by atoms with Gasteiger partial charge in [-0.2, -0.15) is 13.2 Å². The van der Waals surface area contributed by atoms with E-state index in [0.29, 0.717) is 5.69 Å². The van der Waals surface area contributed by atoms with E-state index in [-0.39, 0.29) is 29.7 Å². The van der Waals surface area contributed by atoms with Gasteiger partial charge < -0.3 is 16.0 Å². The molecule has 12 heteroatoms. The van der Waals surface area contributed by atoms with Gasteiger partial charge in [0.15, 0.2) is 5.69 Å². The molecule has 0 aliphatic carbocycles. The molecule has 0 spiro atoms. The van der Waals surface area contributed by atoms with Gasteiger partial charge in [0.25, 0.3) is 11.8 Å². The zero-order valence-electron chi connectivity index (χ0n) is 15.2. The summed E-state index contributed by atoms with van der Waals surface area (Å²) in [6.45, 7) is 0.362. The molecule has 2 aromatic rings. The number of carbonyl (C=O) groups is 2. The Hall–Kier alpha value is -2.66. The number of piperidine rings is 1. The minimum Gasteiger partial charge on any atom is -0.343 e. The fourth-order valence-electron chi connectivity index (χ4n) is 2.81. The van der Waals surface area contributed by atoms with Crippen LogP contribution in [0.1, 0.15) is 39.7 Å². The molecule has 3 N–H and O–H groups in total. The SMILES string of the molecule is Cl.O=C(NCC(F)(F)F)c1ccc(NC(=O)c2cn(C3CCNCC3)nn2)cc1. The van der Waals surface area contributed by atoms with E-state index in [1.165, 1.54) is 24.3 Å². The zero-order valence-corrected chi connectivity index (χ0v) is 16.0. The number of nitrogens with zero attached hydrogens (tertiary/aromatic N) is 3. The quantitative estimate of drug-likeness (QED) is 0.672. The first-order valence-corrected chi connectivity index (χ1v) is 8.71. The van der Waals surface area contributed by atoms with Gasteiger partial charge in [0, 0.05) is 11.3 Å². The predicted octanol–water partition coefficient (Wildman–Crippen LogP) is 2.17. The molecule has 1 aromatic carbocycles. The average molecular weight is 433 g/mol. The van der Waals surface area contributed by atoms with Crippen molar-refractivity contribution in [2.24, 2.45) is 0 Å². The number of nitrogens with one attached hydrogen (secondary N) is 3. The number of alkyl halides is 3. The maximum absolute atomic E-state index is 12.3. The lowest BCUT2D eigenvalue weighted by atomic mass is 10.1. The third-order valence-electron chi connectivity index (χ3n) is 4.28. The van der Waals surface area contributed by atoms with Crippen LogP contribution < -0.4 is 16.0 Å². The van der Waals surface area contributed by atoms with E-state index in [4.69, 9.17) is 0 Å². The first kappa shape index (κ1) is 22.6. The molecular weight excluding hydrogens is 413 g/mol. The second kappa shape index (κ2) is 9.70. The second-order valence-electron chi connectivity index (χ2n) is 6.39. The fraction of sp³-hybridized carbons (Fsp3) is 0.412. The number of hydrogen-bond donors (Lipinski definition) is 3. The molecule has 1 aliphatic heterocycles. The summed E-state index contributed by atoms with van der Waals surface area (Å²) in [6.07, 6.45) is -1.08. The Morgan fingerprint density at radius 3 is 2.41 bits per heavy atom. The summed E-state index contributed by atoms with van der Waals surface area (Å²) in [5.74, 6) is -1.31. The molecular formula is C17H20ClF3N6O2. The Morgan fingerprint density at radius 1 is 1.14 bits per heavy atom. The normalized spacial score (nSPS) is 14.7. The van der Waals surface area contributed by atoms with Crippen LogP contribution in [0.25, 0.3) is 0 Å². The van der Waals surface area contributed by atoms with Gasteiger partial charge in [0.1, 0.15) is 6.54 Å². The van der Waals surface area contributed by atoms with Crippen LogP contribution >= 0.6 is 12.4 Å². The maximum Gasteiger partial charge on any atom is 0.405 e. The Balaban J connectivity index is 0.00000300. The highest BCUT2D eigenvalue weighted by Gasteiger charge is 2.27. The van der Waals surface area contributed by atoms with Gasteiger partial charge in [-0.3, -0.25) is 9.59 Å². The molecule has 2 heterocycles. The largest absolute Gasteiger partial charge is 0.405 e. The minimum absolute atomic E-state index is 0. The number of carbonyl (C=O) groups excluding carboxylic acids is 2. The van der Waals surface area contributed by atoms with E-state index in [1.54, 1.807) is 16.2 Å². The predicted molar refractivity (Wildman–Crippen MR) is 101 cm³/mol. The molecule has 0 unspecified atom stereocenters. The third-order valence-corrected chi connectivity index (χ3v) is 4.28. The van der Waals surface area contributed by atoms with Gasteiger partial charge in [-0.1, -0.05) is 5.21 Å². The van der Waals surface area contributed by atoms with Gasteiger partial charge in [0.05, 0.1) is 12.2 Å². The van der Waals surface area contributed by atoms with Crippen LogP contribution in [0.15, 0.2) is 30.5 Å². The number of halogens is 4. The second-order valence-corrected chi connectivity index (χ2v) is 6.39. The van der Waals surface area contributed by atoms with Crippen LogP contribution in [0.2, 0.25) is 0 Å². The summed E-state index contributed by atoms with van der Waals surface area (Å²) in [5.41, 5.74) is 0.596. The Labute approximate surface area is 170 Å². The standard InChI is InChI=1S/C17H19F3N6O2.ClH/c18-17(19,20)10-22-15(27)11-1-3-12(4-2-11)23-16(28)14-9-26(25-24-14)13-5-7-21-8-6-13;/h1-4,9,13,21H,5-8,10H2,(H,22,27)(H,23,28);1H. The molecule has 158 valence electrons. The maximum atomic E-state index is 12.3. The molecule has 0 saturated carbocycles. The summed E-state index contributed by atoms with van der Waals surface area (Å²) >= 11 is 0. The molecule has 0 bridgehead atoms. The number of anilines is 1. The zero-order chi connectivity index (χ0) is 20.1. The lowest BCUT2D eigenvalue weighted by molar-refractivity contribution is -0.123. The van der Waals surface area contributed by atoms with Crippen molar-refractivity contribution in [3.05, 3.63) is 41.7 Å².